The number of nitrogens with one attached hydrogen (secondary N) is 1. The number of ether oxygens (including phenoxy) is 1. The van der Waals surface area contributed by atoms with Crippen molar-refractivity contribution in [1.82, 2.24) is 10.2 Å². The number of benzene rings is 1. The first-order valence-electron chi connectivity index (χ1n) is 7.39. The van der Waals surface area contributed by atoms with Gasteiger partial charge in [0.2, 0.25) is 0 Å². The Labute approximate surface area is 142 Å². The first-order chi connectivity index (χ1) is 12.0. The summed E-state index contributed by atoms with van der Waals surface area (Å²) in [6.07, 6.45) is 1.50. The van der Waals surface area contributed by atoms with E-state index in [0.717, 1.165) is 0 Å². The predicted octanol–water partition coefficient (Wildman–Crippen LogP) is 0.979. The first-order valence-corrected chi connectivity index (χ1v) is 7.39. The molecule has 0 spiro atoms. The summed E-state index contributed by atoms with van der Waals surface area (Å²) in [7, 11) is 1.56. The van der Waals surface area contributed by atoms with Gasteiger partial charge >= 0.3 is 5.97 Å². The summed E-state index contributed by atoms with van der Waals surface area (Å²) in [5, 5.41) is 2.13. The second-order valence-corrected chi connectivity index (χ2v) is 5.45. The first kappa shape index (κ1) is 16.4. The quantitative estimate of drug-likeness (QED) is 0.641. The average Bonchev–Trinajstić information content (AvgIpc) is 3.20. The smallest absolute Gasteiger partial charge is 0.338 e. The molecule has 8 nitrogen and oxygen atoms in total. The van der Waals surface area contributed by atoms with Gasteiger partial charge in [-0.1, -0.05) is 0 Å². The number of fused-ring (bicyclic) bond motifs is 1. The van der Waals surface area contributed by atoms with Gasteiger partial charge in [0.25, 0.3) is 17.7 Å². The number of carbonyl (C=O) groups is 4. The molecule has 0 unspecified atom stereocenters. The van der Waals surface area contributed by atoms with Crippen LogP contribution in [0.15, 0.2) is 41.0 Å². The number of hydrogen-bond donors (Lipinski definition) is 1. The van der Waals surface area contributed by atoms with Crippen molar-refractivity contribution in [2.24, 2.45) is 0 Å². The van der Waals surface area contributed by atoms with Crippen LogP contribution in [0.1, 0.15) is 36.8 Å². The number of carbonyl (C=O) groups excluding carboxylic acids is 4. The van der Waals surface area contributed by atoms with Gasteiger partial charge in [0.05, 0.1) is 29.5 Å². The van der Waals surface area contributed by atoms with E-state index in [0.29, 0.717) is 5.76 Å². The highest BCUT2D eigenvalue weighted by Gasteiger charge is 2.27. The van der Waals surface area contributed by atoms with Gasteiger partial charge in [-0.3, -0.25) is 19.7 Å². The van der Waals surface area contributed by atoms with Gasteiger partial charge in [0.1, 0.15) is 5.76 Å². The Morgan fingerprint density at radius 1 is 1.16 bits per heavy atom. The summed E-state index contributed by atoms with van der Waals surface area (Å²) < 4.78 is 10.1. The highest BCUT2D eigenvalue weighted by Crippen LogP contribution is 2.18. The number of amides is 3. The van der Waals surface area contributed by atoms with Crippen LogP contribution in [0.25, 0.3) is 0 Å². The minimum atomic E-state index is -0.755. The molecule has 128 valence electrons. The molecule has 0 saturated carbocycles. The number of esters is 1. The third kappa shape index (κ3) is 3.42. The number of hydrogen-bond acceptors (Lipinski definition) is 6. The molecule has 1 aliphatic heterocycles. The maximum absolute atomic E-state index is 12.0. The van der Waals surface area contributed by atoms with Crippen molar-refractivity contribution in [3.05, 3.63) is 59.0 Å². The lowest BCUT2D eigenvalue weighted by Gasteiger charge is -2.15. The maximum Gasteiger partial charge on any atom is 0.338 e. The zero-order valence-corrected chi connectivity index (χ0v) is 13.3. The topological polar surface area (TPSA) is 106 Å². The molecule has 0 radical (unpaired) electrons. The summed E-state index contributed by atoms with van der Waals surface area (Å²) in [6, 6.07) is 7.46. The molecule has 3 amide bonds. The van der Waals surface area contributed by atoms with Crippen LogP contribution in [-0.2, 0) is 16.1 Å². The molecular formula is C17H14N2O6. The van der Waals surface area contributed by atoms with E-state index in [1.165, 1.54) is 29.4 Å². The van der Waals surface area contributed by atoms with Gasteiger partial charge in [0, 0.05) is 7.05 Å². The number of rotatable bonds is 5. The van der Waals surface area contributed by atoms with Crippen molar-refractivity contribution in [3.63, 3.8) is 0 Å². The van der Waals surface area contributed by atoms with Crippen LogP contribution in [0.2, 0.25) is 0 Å². The van der Waals surface area contributed by atoms with Crippen LogP contribution in [0.5, 0.6) is 0 Å². The Hall–Kier alpha value is -3.42. The summed E-state index contributed by atoms with van der Waals surface area (Å²) in [5.74, 6) is -1.62. The number of imide groups is 1. The number of likely N-dealkylation sites (N-methyl/N-ethyl adjacent to an activating group) is 1. The summed E-state index contributed by atoms with van der Waals surface area (Å²) in [6.45, 7) is -0.192. The standard InChI is InChI=1S/C17H14N2O6/c1-19(8-11-3-2-6-24-11)14(20)9-25-17(23)10-4-5-12-13(7-10)16(22)18-15(12)21/h2-7H,8-9H2,1H3,(H,18,21,22). The van der Waals surface area contributed by atoms with Gasteiger partial charge in [-0.15, -0.1) is 0 Å². The highest BCUT2D eigenvalue weighted by molar-refractivity contribution is 6.22. The van der Waals surface area contributed by atoms with Gasteiger partial charge in [-0.25, -0.2) is 4.79 Å². The lowest BCUT2D eigenvalue weighted by atomic mass is 10.1. The maximum atomic E-state index is 12.0. The van der Waals surface area contributed by atoms with Gasteiger partial charge in [0.15, 0.2) is 6.61 Å². The van der Waals surface area contributed by atoms with Gasteiger partial charge in [-0.2, -0.15) is 0 Å². The molecule has 25 heavy (non-hydrogen) atoms. The van der Waals surface area contributed by atoms with Gasteiger partial charge in [-0.05, 0) is 30.3 Å². The van der Waals surface area contributed by atoms with E-state index in [1.54, 1.807) is 19.2 Å². The largest absolute Gasteiger partial charge is 0.467 e. The van der Waals surface area contributed by atoms with E-state index in [4.69, 9.17) is 9.15 Å². The van der Waals surface area contributed by atoms with Crippen LogP contribution in [0, 0.1) is 0 Å². The Morgan fingerprint density at radius 3 is 2.64 bits per heavy atom. The molecule has 0 bridgehead atoms. The van der Waals surface area contributed by atoms with E-state index in [2.05, 4.69) is 5.32 Å². The normalized spacial score (nSPS) is 12.5. The van der Waals surface area contributed by atoms with E-state index in [9.17, 15) is 19.2 Å². The van der Waals surface area contributed by atoms with Crippen LogP contribution in [0.3, 0.4) is 0 Å². The Kier molecular flexibility index (Phi) is 4.34. The lowest BCUT2D eigenvalue weighted by molar-refractivity contribution is -0.133. The summed E-state index contributed by atoms with van der Waals surface area (Å²) >= 11 is 0. The second kappa shape index (κ2) is 6.60. The molecule has 0 fully saturated rings. The van der Waals surface area contributed by atoms with Crippen LogP contribution in [-0.4, -0.2) is 42.2 Å². The van der Waals surface area contributed by atoms with E-state index >= 15 is 0 Å². The fraction of sp³-hybridized carbons (Fsp3) is 0.176. The van der Waals surface area contributed by atoms with Crippen molar-refractivity contribution in [1.29, 1.82) is 0 Å². The molecule has 2 aromatic rings. The average molecular weight is 342 g/mol. The van der Waals surface area contributed by atoms with Crippen molar-refractivity contribution >= 4 is 23.7 Å². The predicted molar refractivity (Wildman–Crippen MR) is 83.7 cm³/mol. The van der Waals surface area contributed by atoms with Crippen molar-refractivity contribution in [3.8, 4) is 0 Å². The molecule has 0 atom stereocenters. The van der Waals surface area contributed by atoms with Crippen LogP contribution < -0.4 is 5.32 Å². The fourth-order valence-corrected chi connectivity index (χ4v) is 2.34. The van der Waals surface area contributed by atoms with Crippen molar-refractivity contribution in [2.75, 3.05) is 13.7 Å². The molecule has 3 rings (SSSR count). The molecule has 0 saturated heterocycles. The number of nitrogens with zero attached hydrogens (tertiary/aromatic N) is 1. The zero-order chi connectivity index (χ0) is 18.0. The number of furan rings is 1. The molecule has 1 aliphatic rings. The second-order valence-electron chi connectivity index (χ2n) is 5.45. The fourth-order valence-electron chi connectivity index (χ4n) is 2.34. The monoisotopic (exact) mass is 342 g/mol. The SMILES string of the molecule is CN(Cc1ccco1)C(=O)COC(=O)c1ccc2c(c1)C(=O)NC2=O. The molecule has 2 heterocycles. The molecule has 1 aromatic carbocycles. The minimum Gasteiger partial charge on any atom is -0.467 e. The van der Waals surface area contributed by atoms with E-state index < -0.39 is 30.3 Å². The van der Waals surface area contributed by atoms with Crippen LogP contribution in [0.4, 0.5) is 0 Å². The molecular weight excluding hydrogens is 328 g/mol. The van der Waals surface area contributed by atoms with Gasteiger partial charge < -0.3 is 14.1 Å². The van der Waals surface area contributed by atoms with E-state index in [-0.39, 0.29) is 23.2 Å². The van der Waals surface area contributed by atoms with E-state index in [1.807, 2.05) is 0 Å². The van der Waals surface area contributed by atoms with Crippen LogP contribution >= 0.6 is 0 Å². The molecule has 8 heteroatoms. The molecule has 1 aromatic heterocycles. The summed E-state index contributed by atoms with van der Waals surface area (Å²) in [5.41, 5.74) is 0.404. The third-order valence-corrected chi connectivity index (χ3v) is 3.70. The van der Waals surface area contributed by atoms with Crippen molar-refractivity contribution < 1.29 is 28.3 Å². The zero-order valence-electron chi connectivity index (χ0n) is 13.3. The lowest BCUT2D eigenvalue weighted by Crippen LogP contribution is -2.30. The molecule has 1 N–H and O–H groups in total. The molecule has 0 aliphatic carbocycles. The Morgan fingerprint density at radius 2 is 1.92 bits per heavy atom. The highest BCUT2D eigenvalue weighted by atomic mass is 16.5. The minimum absolute atomic E-state index is 0.0880. The third-order valence-electron chi connectivity index (χ3n) is 3.70. The van der Waals surface area contributed by atoms with Crippen molar-refractivity contribution in [2.45, 2.75) is 6.54 Å². The summed E-state index contributed by atoms with van der Waals surface area (Å²) in [4.78, 5) is 48.5. The Balaban J connectivity index is 1.59. The Bertz CT molecular complexity index is 856.